The van der Waals surface area contributed by atoms with Crippen LogP contribution < -0.4 is 21.3 Å². The van der Waals surface area contributed by atoms with Crippen LogP contribution in [-0.2, 0) is 19.2 Å². The van der Waals surface area contributed by atoms with Crippen LogP contribution in [0.4, 0.5) is 0 Å². The molecule has 0 unspecified atom stereocenters. The summed E-state index contributed by atoms with van der Waals surface area (Å²) in [5.41, 5.74) is 0. The fourth-order valence-electron chi connectivity index (χ4n) is 15.1. The Balaban J connectivity index is 5.13. The molecule has 0 rings (SSSR count). The Bertz CT molecular complexity index is 1580. The van der Waals surface area contributed by atoms with Crippen molar-refractivity contribution in [3.05, 3.63) is 0 Å². The number of nitrogens with zero attached hydrogens (tertiary/aromatic N) is 2. The average Bonchev–Trinajstić information content (AvgIpc) is 1.07. The van der Waals surface area contributed by atoms with E-state index in [2.05, 4.69) is 106 Å². The summed E-state index contributed by atoms with van der Waals surface area (Å²) in [5.74, 6) is 11.4. The van der Waals surface area contributed by atoms with E-state index in [0.29, 0.717) is 51.9 Å². The third-order valence-corrected chi connectivity index (χ3v) is 27.0. The Morgan fingerprint density at radius 2 is 0.309 bits per heavy atom. The molecule has 654 valence electrons. The minimum absolute atomic E-state index is 0.196. The first-order valence-electron chi connectivity index (χ1n) is 49.2. The molecule has 0 aliphatic carbocycles. The number of unbranched alkanes of at least 4 members (excludes halogenated alkanes) is 53. The van der Waals surface area contributed by atoms with Crippen molar-refractivity contribution in [3.8, 4) is 0 Å². The second-order valence-electron chi connectivity index (χ2n) is 33.5. The first-order chi connectivity index (χ1) is 54.4. The van der Waals surface area contributed by atoms with Gasteiger partial charge in [0.15, 0.2) is 0 Å². The first kappa shape index (κ1) is 109. The molecule has 0 radical (unpaired) electrons. The van der Waals surface area contributed by atoms with Crippen LogP contribution >= 0.6 is 47.0 Å². The minimum Gasteiger partial charge on any atom is -0.356 e. The van der Waals surface area contributed by atoms with Gasteiger partial charge in [0.2, 0.25) is 23.6 Å². The van der Waals surface area contributed by atoms with E-state index in [4.69, 9.17) is 0 Å². The summed E-state index contributed by atoms with van der Waals surface area (Å²) in [6.07, 6.45) is 88.0. The maximum atomic E-state index is 13.0. The molecule has 4 amide bonds. The van der Waals surface area contributed by atoms with Crippen LogP contribution in [0.3, 0.4) is 0 Å². The number of rotatable bonds is 97. The van der Waals surface area contributed by atoms with Crippen molar-refractivity contribution >= 4 is 70.7 Å². The highest BCUT2D eigenvalue weighted by atomic mass is 32.2. The van der Waals surface area contributed by atoms with E-state index in [1.807, 2.05) is 0 Å². The van der Waals surface area contributed by atoms with Crippen molar-refractivity contribution in [3.63, 3.8) is 0 Å². The van der Waals surface area contributed by atoms with Crippen LogP contribution in [0.1, 0.15) is 477 Å². The quantitative estimate of drug-likeness (QED) is 0.0438. The number of nitrogens with one attached hydrogen (secondary N) is 4. The van der Waals surface area contributed by atoms with Gasteiger partial charge < -0.3 is 31.1 Å². The lowest BCUT2D eigenvalue weighted by Gasteiger charge is -2.25. The fourth-order valence-corrected chi connectivity index (χ4v) is 19.2. The molecule has 0 saturated heterocycles. The second-order valence-corrected chi connectivity index (χ2v) is 38.4. The molecule has 0 saturated carbocycles. The molecule has 0 aromatic carbocycles. The number of amides is 4. The van der Waals surface area contributed by atoms with Crippen molar-refractivity contribution in [2.45, 2.75) is 477 Å². The molecule has 0 fully saturated rings. The molecule has 0 spiro atoms. The smallest absolute Gasteiger partial charge is 0.219 e. The maximum Gasteiger partial charge on any atom is 0.219 e. The molecule has 0 aliphatic heterocycles. The summed E-state index contributed by atoms with van der Waals surface area (Å²) in [6, 6.07) is 0. The lowest BCUT2D eigenvalue weighted by molar-refractivity contribution is -0.122. The normalized spacial score (nSPS) is 11.7. The largest absolute Gasteiger partial charge is 0.356 e. The van der Waals surface area contributed by atoms with E-state index >= 15 is 0 Å². The third kappa shape index (κ3) is 92.7. The Morgan fingerprint density at radius 3 is 0.473 bits per heavy atom. The predicted octanol–water partition coefficient (Wildman–Crippen LogP) is 28.4. The zero-order valence-corrected chi connectivity index (χ0v) is 77.7. The molecular formula is C96H192N6O4S4. The van der Waals surface area contributed by atoms with Crippen molar-refractivity contribution in [2.24, 2.45) is 0 Å². The van der Waals surface area contributed by atoms with Crippen LogP contribution in [0.15, 0.2) is 0 Å². The zero-order chi connectivity index (χ0) is 79.3. The fraction of sp³-hybridized carbons (Fsp3) is 0.958. The van der Waals surface area contributed by atoms with Crippen LogP contribution in [0.2, 0.25) is 0 Å². The average molecular weight is 1620 g/mol. The summed E-state index contributed by atoms with van der Waals surface area (Å²) in [7, 11) is 0. The van der Waals surface area contributed by atoms with Crippen molar-refractivity contribution < 1.29 is 19.2 Å². The van der Waals surface area contributed by atoms with Gasteiger partial charge in [-0.15, -0.1) is 0 Å². The van der Waals surface area contributed by atoms with Crippen molar-refractivity contribution in [1.29, 1.82) is 0 Å². The number of carbonyl (C=O) groups excluding carboxylic acids is 4. The Hall–Kier alpha value is -0.800. The highest BCUT2D eigenvalue weighted by molar-refractivity contribution is 7.99. The Kier molecular flexibility index (Phi) is 96.3. The predicted molar refractivity (Wildman–Crippen MR) is 500 cm³/mol. The van der Waals surface area contributed by atoms with Gasteiger partial charge in [-0.2, -0.15) is 47.0 Å². The minimum atomic E-state index is 0.196. The molecular weight excluding hydrogens is 1430 g/mol. The molecule has 0 aliphatic rings. The molecule has 0 aromatic rings. The number of hydrogen-bond acceptors (Lipinski definition) is 10. The summed E-state index contributed by atoms with van der Waals surface area (Å²) in [4.78, 5) is 57.1. The summed E-state index contributed by atoms with van der Waals surface area (Å²) in [5, 5.41) is 13.0. The molecule has 0 atom stereocenters. The van der Waals surface area contributed by atoms with Gasteiger partial charge in [-0.1, -0.05) is 336 Å². The van der Waals surface area contributed by atoms with Gasteiger partial charge in [-0.25, -0.2) is 0 Å². The molecule has 110 heavy (non-hydrogen) atoms. The second kappa shape index (κ2) is 97.0. The molecule has 0 bridgehead atoms. The Morgan fingerprint density at radius 1 is 0.173 bits per heavy atom. The van der Waals surface area contributed by atoms with Gasteiger partial charge >= 0.3 is 0 Å². The molecule has 10 nitrogen and oxygen atoms in total. The molecule has 4 N–H and O–H groups in total. The summed E-state index contributed by atoms with van der Waals surface area (Å²) < 4.78 is 0. The lowest BCUT2D eigenvalue weighted by atomic mass is 10.1. The SMILES string of the molecule is CCCCCCCCCCSCCCCCCCCCC(=O)NCCCN(CCCCN(CCCNC(=O)CCCCCCCCCSCCCCCCCCCC)CCCNC(=O)CCCCCCCCCSCCCCCCCCCC)CCCNC(=O)CCCCCCCCCSCCCCCCCCCC. The topological polar surface area (TPSA) is 123 Å². The lowest BCUT2D eigenvalue weighted by Crippen LogP contribution is -2.35. The van der Waals surface area contributed by atoms with Crippen molar-refractivity contribution in [2.75, 3.05) is 111 Å². The summed E-state index contributed by atoms with van der Waals surface area (Å²) in [6.45, 7) is 17.8. The van der Waals surface area contributed by atoms with Gasteiger partial charge in [0, 0.05) is 51.9 Å². The van der Waals surface area contributed by atoms with Crippen LogP contribution in [0.5, 0.6) is 0 Å². The van der Waals surface area contributed by atoms with Gasteiger partial charge in [-0.05, 0) is 201 Å². The summed E-state index contributed by atoms with van der Waals surface area (Å²) >= 11 is 8.65. The van der Waals surface area contributed by atoms with E-state index in [1.54, 1.807) is 0 Å². The van der Waals surface area contributed by atoms with Gasteiger partial charge in [0.1, 0.15) is 0 Å². The first-order valence-corrected chi connectivity index (χ1v) is 53.8. The number of hydrogen-bond donors (Lipinski definition) is 4. The number of thioether (sulfide) groups is 4. The van der Waals surface area contributed by atoms with E-state index in [0.717, 1.165) is 129 Å². The highest BCUT2D eigenvalue weighted by Gasteiger charge is 2.12. The van der Waals surface area contributed by atoms with Gasteiger partial charge in [-0.3, -0.25) is 19.2 Å². The van der Waals surface area contributed by atoms with Gasteiger partial charge in [0.05, 0.1) is 0 Å². The van der Waals surface area contributed by atoms with Gasteiger partial charge in [0.25, 0.3) is 0 Å². The van der Waals surface area contributed by atoms with Crippen LogP contribution in [-0.4, -0.2) is 145 Å². The third-order valence-electron chi connectivity index (χ3n) is 22.4. The monoisotopic (exact) mass is 1620 g/mol. The molecule has 0 aromatic heterocycles. The standard InChI is InChI=1S/C96H192N6O4S4/c1-5-9-13-17-21-33-45-59-85-107-89-63-49-37-25-29-41-53-71-93(103)97-75-67-81-101(82-68-76-98-94(104)72-54-42-30-26-38-50-64-90-108-86-60-46-34-22-18-14-10-6-2)79-57-58-80-102(83-69-77-99-95(105)73-55-43-31-27-39-51-65-91-109-87-61-47-35-23-19-15-11-7-3)84-70-78-100-96(106)74-56-44-32-28-40-52-66-92-110-88-62-48-36-24-20-16-12-8-4/h5-92H2,1-4H3,(H,97,103)(H,98,104)(H,99,105)(H,100,106). The maximum absolute atomic E-state index is 13.0. The van der Waals surface area contributed by atoms with Crippen LogP contribution in [0, 0.1) is 0 Å². The van der Waals surface area contributed by atoms with E-state index < -0.39 is 0 Å². The molecule has 14 heteroatoms. The van der Waals surface area contributed by atoms with Crippen LogP contribution in [0.25, 0.3) is 0 Å². The van der Waals surface area contributed by atoms with Crippen molar-refractivity contribution in [1.82, 2.24) is 31.1 Å². The van der Waals surface area contributed by atoms with E-state index in [1.165, 1.54) is 380 Å². The molecule has 0 heterocycles. The highest BCUT2D eigenvalue weighted by Crippen LogP contribution is 2.21. The Labute approximate surface area is 704 Å². The zero-order valence-electron chi connectivity index (χ0n) is 74.4. The van der Waals surface area contributed by atoms with E-state index in [-0.39, 0.29) is 23.6 Å². The van der Waals surface area contributed by atoms with E-state index in [9.17, 15) is 19.2 Å². The number of carbonyl (C=O) groups is 4.